The molecule has 0 N–H and O–H groups in total. The molecule has 2 rings (SSSR count). The Morgan fingerprint density at radius 1 is 1.39 bits per heavy atom. The minimum atomic E-state index is -3.64. The lowest BCUT2D eigenvalue weighted by atomic mass is 10.3. The van der Waals surface area contributed by atoms with E-state index < -0.39 is 10.0 Å². The Morgan fingerprint density at radius 2 is 2.17 bits per heavy atom. The van der Waals surface area contributed by atoms with Crippen molar-refractivity contribution in [2.24, 2.45) is 0 Å². The van der Waals surface area contributed by atoms with Crippen molar-refractivity contribution in [1.82, 2.24) is 4.47 Å². The molecule has 1 aliphatic rings. The molecule has 1 aliphatic heterocycles. The molecule has 1 fully saturated rings. The van der Waals surface area contributed by atoms with Crippen LogP contribution < -0.4 is 4.74 Å². The summed E-state index contributed by atoms with van der Waals surface area (Å²) in [5, 5.41) is 0.260. The van der Waals surface area contributed by atoms with E-state index in [0.29, 0.717) is 18.9 Å². The second kappa shape index (κ2) is 5.44. The van der Waals surface area contributed by atoms with Gasteiger partial charge in [-0.05, 0) is 31.0 Å². The molecule has 0 unspecified atom stereocenters. The zero-order valence-electron chi connectivity index (χ0n) is 9.93. The van der Waals surface area contributed by atoms with Crippen LogP contribution >= 0.6 is 11.6 Å². The minimum Gasteiger partial charge on any atom is -0.495 e. The summed E-state index contributed by atoms with van der Waals surface area (Å²) < 4.78 is 30.5. The molecule has 0 saturated carbocycles. The Morgan fingerprint density at radius 3 is 2.72 bits per heavy atom. The van der Waals surface area contributed by atoms with Gasteiger partial charge in [-0.2, -0.15) is 0 Å². The van der Waals surface area contributed by atoms with E-state index in [1.165, 1.54) is 25.3 Å². The van der Waals surface area contributed by atoms with Crippen LogP contribution in [0, 0.1) is 0 Å². The second-order valence-electron chi connectivity index (χ2n) is 3.87. The Labute approximate surface area is 111 Å². The average molecular weight is 292 g/mol. The number of nitrogens with zero attached hydrogens (tertiary/aromatic N) is 1. The fourth-order valence-corrected chi connectivity index (χ4v) is 3.34. The third-order valence-electron chi connectivity index (χ3n) is 2.66. The van der Waals surface area contributed by atoms with Gasteiger partial charge in [-0.1, -0.05) is 16.1 Å². The van der Waals surface area contributed by atoms with Gasteiger partial charge in [-0.25, -0.2) is 8.42 Å². The summed E-state index contributed by atoms with van der Waals surface area (Å²) in [5.74, 6) is 0.440. The molecule has 0 aromatic heterocycles. The quantitative estimate of drug-likeness (QED) is 0.855. The second-order valence-corrected chi connectivity index (χ2v) is 6.10. The number of rotatable bonds is 3. The van der Waals surface area contributed by atoms with E-state index in [-0.39, 0.29) is 9.92 Å². The summed E-state index contributed by atoms with van der Waals surface area (Å²) >= 11 is 5.93. The van der Waals surface area contributed by atoms with Crippen LogP contribution in [0.25, 0.3) is 0 Å². The number of hydrogen-bond donors (Lipinski definition) is 0. The zero-order valence-corrected chi connectivity index (χ0v) is 11.5. The van der Waals surface area contributed by atoms with E-state index in [1.807, 2.05) is 0 Å². The average Bonchev–Trinajstić information content (AvgIpc) is 2.39. The maximum Gasteiger partial charge on any atom is 0.265 e. The first-order valence-electron chi connectivity index (χ1n) is 5.55. The van der Waals surface area contributed by atoms with Crippen molar-refractivity contribution in [1.29, 1.82) is 0 Å². The number of sulfonamides is 1. The molecular formula is C11H14ClNO4S. The van der Waals surface area contributed by atoms with Crippen molar-refractivity contribution in [3.63, 3.8) is 0 Å². The fourth-order valence-electron chi connectivity index (χ4n) is 1.69. The van der Waals surface area contributed by atoms with Gasteiger partial charge in [0.15, 0.2) is 0 Å². The highest BCUT2D eigenvalue weighted by molar-refractivity contribution is 7.89. The molecule has 7 heteroatoms. The lowest BCUT2D eigenvalue weighted by Gasteiger charge is -2.25. The van der Waals surface area contributed by atoms with Crippen LogP contribution in [0.3, 0.4) is 0 Å². The molecule has 0 atom stereocenters. The molecule has 1 aromatic carbocycles. The summed E-state index contributed by atoms with van der Waals surface area (Å²) in [6.45, 7) is 0.787. The molecular weight excluding hydrogens is 278 g/mol. The molecule has 1 heterocycles. The summed E-state index contributed by atoms with van der Waals surface area (Å²) in [4.78, 5) is 5.27. The summed E-state index contributed by atoms with van der Waals surface area (Å²) in [6, 6.07) is 4.35. The number of ether oxygens (including phenoxy) is 1. The smallest absolute Gasteiger partial charge is 0.265 e. The number of halogens is 1. The van der Waals surface area contributed by atoms with Crippen molar-refractivity contribution in [2.45, 2.75) is 17.7 Å². The Balaban J connectivity index is 2.32. The van der Waals surface area contributed by atoms with E-state index >= 15 is 0 Å². The Kier molecular flexibility index (Phi) is 4.11. The standard InChI is InChI=1S/C11H14ClNO4S/c1-16-11-5-4-9(8-10(11)12)18(14,15)13-6-2-3-7-17-13/h4-5,8H,2-3,6-7H2,1H3. The Bertz CT molecular complexity index is 526. The third kappa shape index (κ3) is 2.61. The van der Waals surface area contributed by atoms with Crippen LogP contribution in [-0.4, -0.2) is 33.1 Å². The van der Waals surface area contributed by atoms with Gasteiger partial charge in [-0.15, -0.1) is 0 Å². The van der Waals surface area contributed by atoms with Crippen LogP contribution in [0.4, 0.5) is 0 Å². The molecule has 0 bridgehead atoms. The van der Waals surface area contributed by atoms with Crippen LogP contribution in [-0.2, 0) is 14.9 Å². The van der Waals surface area contributed by atoms with Gasteiger partial charge in [0.25, 0.3) is 10.0 Å². The van der Waals surface area contributed by atoms with Gasteiger partial charge in [0, 0.05) is 6.54 Å². The maximum absolute atomic E-state index is 12.2. The molecule has 0 radical (unpaired) electrons. The minimum absolute atomic E-state index is 0.107. The van der Waals surface area contributed by atoms with E-state index in [4.69, 9.17) is 21.2 Å². The molecule has 0 spiro atoms. The van der Waals surface area contributed by atoms with Crippen LogP contribution in [0.15, 0.2) is 23.1 Å². The first-order valence-corrected chi connectivity index (χ1v) is 7.36. The topological polar surface area (TPSA) is 55.8 Å². The lowest BCUT2D eigenvalue weighted by molar-refractivity contribution is -0.108. The number of hydroxylamine groups is 1. The van der Waals surface area contributed by atoms with Gasteiger partial charge in [-0.3, -0.25) is 4.84 Å². The van der Waals surface area contributed by atoms with Crippen molar-refractivity contribution in [2.75, 3.05) is 20.3 Å². The van der Waals surface area contributed by atoms with Crippen LogP contribution in [0.1, 0.15) is 12.8 Å². The highest BCUT2D eigenvalue weighted by Crippen LogP contribution is 2.29. The molecule has 18 heavy (non-hydrogen) atoms. The van der Waals surface area contributed by atoms with Gasteiger partial charge in [0.2, 0.25) is 0 Å². The summed E-state index contributed by atoms with van der Waals surface area (Å²) in [6.07, 6.45) is 1.67. The SMILES string of the molecule is COc1ccc(S(=O)(=O)N2CCCCO2)cc1Cl. The van der Waals surface area contributed by atoms with Crippen LogP contribution in [0.5, 0.6) is 5.75 Å². The van der Waals surface area contributed by atoms with Gasteiger partial charge in [0.1, 0.15) is 5.75 Å². The molecule has 0 amide bonds. The fraction of sp³-hybridized carbons (Fsp3) is 0.455. The number of hydrogen-bond acceptors (Lipinski definition) is 4. The first kappa shape index (κ1) is 13.6. The predicted octanol–water partition coefficient (Wildman–Crippen LogP) is 2.06. The third-order valence-corrected chi connectivity index (χ3v) is 4.63. The van der Waals surface area contributed by atoms with E-state index in [1.54, 1.807) is 0 Å². The normalized spacial score (nSPS) is 17.7. The summed E-state index contributed by atoms with van der Waals surface area (Å²) in [7, 11) is -2.16. The lowest BCUT2D eigenvalue weighted by Crippen LogP contribution is -2.35. The number of benzene rings is 1. The van der Waals surface area contributed by atoms with E-state index in [9.17, 15) is 8.42 Å². The highest BCUT2D eigenvalue weighted by Gasteiger charge is 2.27. The molecule has 1 aromatic rings. The van der Waals surface area contributed by atoms with E-state index in [2.05, 4.69) is 0 Å². The maximum atomic E-state index is 12.2. The molecule has 100 valence electrons. The van der Waals surface area contributed by atoms with E-state index in [0.717, 1.165) is 17.3 Å². The zero-order chi connectivity index (χ0) is 13.2. The first-order chi connectivity index (χ1) is 8.55. The monoisotopic (exact) mass is 291 g/mol. The van der Waals surface area contributed by atoms with Crippen molar-refractivity contribution < 1.29 is 18.0 Å². The van der Waals surface area contributed by atoms with Crippen molar-refractivity contribution in [3.05, 3.63) is 23.2 Å². The van der Waals surface area contributed by atoms with Crippen molar-refractivity contribution >= 4 is 21.6 Å². The molecule has 1 saturated heterocycles. The van der Waals surface area contributed by atoms with Gasteiger partial charge in [0.05, 0.1) is 23.6 Å². The largest absolute Gasteiger partial charge is 0.495 e. The molecule has 0 aliphatic carbocycles. The van der Waals surface area contributed by atoms with Gasteiger partial charge >= 0.3 is 0 Å². The van der Waals surface area contributed by atoms with Crippen LogP contribution in [0.2, 0.25) is 5.02 Å². The van der Waals surface area contributed by atoms with Gasteiger partial charge < -0.3 is 4.74 Å². The molecule has 5 nitrogen and oxygen atoms in total. The predicted molar refractivity (Wildman–Crippen MR) is 67.1 cm³/mol. The van der Waals surface area contributed by atoms with Crippen molar-refractivity contribution in [3.8, 4) is 5.75 Å². The highest BCUT2D eigenvalue weighted by atomic mass is 35.5. The Hall–Kier alpha value is -0.820. The summed E-state index contributed by atoms with van der Waals surface area (Å²) in [5.41, 5.74) is 0. The number of methoxy groups -OCH3 is 1.